The Morgan fingerprint density at radius 3 is 2.75 bits per heavy atom. The van der Waals surface area contributed by atoms with Crippen LogP contribution >= 0.6 is 11.3 Å². The van der Waals surface area contributed by atoms with Crippen molar-refractivity contribution < 1.29 is 13.9 Å². The third kappa shape index (κ3) is 3.65. The van der Waals surface area contributed by atoms with Gasteiger partial charge in [0, 0.05) is 18.5 Å². The number of carbonyl (C=O) groups is 1. The molecule has 2 heterocycles. The second kappa shape index (κ2) is 7.31. The van der Waals surface area contributed by atoms with Crippen LogP contribution in [0.25, 0.3) is 11.5 Å². The molecule has 1 aromatic carbocycles. The molecule has 5 nitrogen and oxygen atoms in total. The van der Waals surface area contributed by atoms with E-state index < -0.39 is 0 Å². The number of rotatable bonds is 6. The van der Waals surface area contributed by atoms with Gasteiger partial charge in [-0.05, 0) is 42.6 Å². The van der Waals surface area contributed by atoms with E-state index in [2.05, 4.69) is 10.3 Å². The molecule has 0 unspecified atom stereocenters. The fraction of sp³-hybridized carbons (Fsp3) is 0.222. The van der Waals surface area contributed by atoms with Crippen LogP contribution < -0.4 is 10.1 Å². The Hall–Kier alpha value is -2.60. The molecule has 0 spiro atoms. The van der Waals surface area contributed by atoms with Crippen LogP contribution in [0.5, 0.6) is 5.75 Å². The van der Waals surface area contributed by atoms with Gasteiger partial charge in [-0.2, -0.15) is 0 Å². The molecule has 0 aliphatic heterocycles. The quantitative estimate of drug-likeness (QED) is 0.742. The molecule has 0 saturated carbocycles. The summed E-state index contributed by atoms with van der Waals surface area (Å²) in [5, 5.41) is 4.78. The fourth-order valence-corrected chi connectivity index (χ4v) is 2.95. The predicted octanol–water partition coefficient (Wildman–Crippen LogP) is 3.69. The minimum absolute atomic E-state index is 0.0541. The number of amides is 1. The number of thiophene rings is 1. The first-order valence-electron chi connectivity index (χ1n) is 7.60. The van der Waals surface area contributed by atoms with Crippen LogP contribution in [0.4, 0.5) is 0 Å². The average molecular weight is 342 g/mol. The first kappa shape index (κ1) is 16.3. The van der Waals surface area contributed by atoms with Crippen LogP contribution in [-0.4, -0.2) is 24.5 Å². The number of methoxy groups -OCH3 is 1. The fourth-order valence-electron chi connectivity index (χ4n) is 2.31. The maximum atomic E-state index is 11.9. The Balaban J connectivity index is 1.62. The molecular weight excluding hydrogens is 324 g/mol. The van der Waals surface area contributed by atoms with Crippen LogP contribution in [0, 0.1) is 6.92 Å². The number of aromatic nitrogens is 1. The number of oxazole rings is 1. The molecule has 124 valence electrons. The second-order valence-electron chi connectivity index (χ2n) is 5.23. The van der Waals surface area contributed by atoms with Crippen molar-refractivity contribution in [1.29, 1.82) is 0 Å². The Morgan fingerprint density at radius 2 is 2.08 bits per heavy atom. The predicted molar refractivity (Wildman–Crippen MR) is 93.6 cm³/mol. The Morgan fingerprint density at radius 1 is 1.29 bits per heavy atom. The monoisotopic (exact) mass is 342 g/mol. The van der Waals surface area contributed by atoms with E-state index in [9.17, 15) is 4.79 Å². The molecule has 0 atom stereocenters. The van der Waals surface area contributed by atoms with Gasteiger partial charge in [-0.3, -0.25) is 4.79 Å². The lowest BCUT2D eigenvalue weighted by molar-refractivity contribution is 0.0958. The van der Waals surface area contributed by atoms with Gasteiger partial charge in [-0.15, -0.1) is 11.3 Å². The van der Waals surface area contributed by atoms with E-state index in [1.165, 1.54) is 11.3 Å². The maximum absolute atomic E-state index is 11.9. The van der Waals surface area contributed by atoms with Crippen molar-refractivity contribution in [2.45, 2.75) is 13.3 Å². The summed E-state index contributed by atoms with van der Waals surface area (Å²) in [6.45, 7) is 2.41. The molecule has 1 amide bonds. The summed E-state index contributed by atoms with van der Waals surface area (Å²) >= 11 is 1.43. The van der Waals surface area contributed by atoms with Gasteiger partial charge in [0.1, 0.15) is 11.5 Å². The van der Waals surface area contributed by atoms with E-state index in [-0.39, 0.29) is 5.91 Å². The molecule has 24 heavy (non-hydrogen) atoms. The van der Waals surface area contributed by atoms with Crippen LogP contribution in [0.3, 0.4) is 0 Å². The van der Waals surface area contributed by atoms with Gasteiger partial charge in [0.2, 0.25) is 5.89 Å². The molecule has 0 aliphatic rings. The third-order valence-corrected chi connectivity index (χ3v) is 4.49. The molecule has 0 bridgehead atoms. The minimum atomic E-state index is -0.0541. The normalized spacial score (nSPS) is 10.6. The summed E-state index contributed by atoms with van der Waals surface area (Å²) in [6.07, 6.45) is 0.628. The summed E-state index contributed by atoms with van der Waals surface area (Å²) in [4.78, 5) is 17.2. The van der Waals surface area contributed by atoms with Gasteiger partial charge in [0.05, 0.1) is 17.7 Å². The Bertz CT molecular complexity index is 807. The minimum Gasteiger partial charge on any atom is -0.497 e. The number of ether oxygens (including phenoxy) is 1. The lowest BCUT2D eigenvalue weighted by Gasteiger charge is -2.01. The van der Waals surface area contributed by atoms with Crippen molar-refractivity contribution in [1.82, 2.24) is 10.3 Å². The molecular formula is C18H18N2O3S. The molecule has 0 fully saturated rings. The van der Waals surface area contributed by atoms with Gasteiger partial charge in [-0.1, -0.05) is 6.07 Å². The zero-order valence-corrected chi connectivity index (χ0v) is 14.4. The zero-order valence-electron chi connectivity index (χ0n) is 13.5. The van der Waals surface area contributed by atoms with Gasteiger partial charge in [0.25, 0.3) is 5.91 Å². The van der Waals surface area contributed by atoms with E-state index in [4.69, 9.17) is 9.15 Å². The van der Waals surface area contributed by atoms with Gasteiger partial charge in [0.15, 0.2) is 0 Å². The van der Waals surface area contributed by atoms with Crippen LogP contribution in [0.15, 0.2) is 46.2 Å². The van der Waals surface area contributed by atoms with E-state index in [1.54, 1.807) is 7.11 Å². The number of aryl methyl sites for hydroxylation is 1. The number of hydrogen-bond acceptors (Lipinski definition) is 5. The summed E-state index contributed by atoms with van der Waals surface area (Å²) in [7, 11) is 1.63. The van der Waals surface area contributed by atoms with Gasteiger partial charge < -0.3 is 14.5 Å². The highest BCUT2D eigenvalue weighted by Crippen LogP contribution is 2.24. The van der Waals surface area contributed by atoms with Crippen molar-refractivity contribution in [2.24, 2.45) is 0 Å². The topological polar surface area (TPSA) is 64.4 Å². The number of hydrogen-bond donors (Lipinski definition) is 1. The first-order valence-corrected chi connectivity index (χ1v) is 8.48. The highest BCUT2D eigenvalue weighted by Gasteiger charge is 2.12. The van der Waals surface area contributed by atoms with E-state index >= 15 is 0 Å². The van der Waals surface area contributed by atoms with Crippen molar-refractivity contribution in [3.8, 4) is 17.2 Å². The van der Waals surface area contributed by atoms with Crippen LogP contribution in [-0.2, 0) is 6.42 Å². The largest absolute Gasteiger partial charge is 0.497 e. The number of nitrogens with one attached hydrogen (secondary N) is 1. The number of nitrogens with zero attached hydrogens (tertiary/aromatic N) is 1. The number of benzene rings is 1. The van der Waals surface area contributed by atoms with E-state index in [0.29, 0.717) is 23.7 Å². The molecule has 1 N–H and O–H groups in total. The lowest BCUT2D eigenvalue weighted by atomic mass is 10.2. The molecule has 6 heteroatoms. The molecule has 2 aromatic heterocycles. The van der Waals surface area contributed by atoms with Gasteiger partial charge >= 0.3 is 0 Å². The summed E-state index contributed by atoms with van der Waals surface area (Å²) < 4.78 is 10.9. The first-order chi connectivity index (χ1) is 11.7. The molecule has 0 aliphatic carbocycles. The summed E-state index contributed by atoms with van der Waals surface area (Å²) in [5.41, 5.74) is 1.75. The Kier molecular flexibility index (Phi) is 4.96. The zero-order chi connectivity index (χ0) is 16.9. The maximum Gasteiger partial charge on any atom is 0.261 e. The highest BCUT2D eigenvalue weighted by molar-refractivity contribution is 7.12. The van der Waals surface area contributed by atoms with Gasteiger partial charge in [-0.25, -0.2) is 4.98 Å². The molecule has 3 rings (SSSR count). The van der Waals surface area contributed by atoms with E-state index in [1.807, 2.05) is 48.7 Å². The second-order valence-corrected chi connectivity index (χ2v) is 6.18. The van der Waals surface area contributed by atoms with Crippen LogP contribution in [0.2, 0.25) is 0 Å². The van der Waals surface area contributed by atoms with Crippen LogP contribution in [0.1, 0.15) is 21.1 Å². The van der Waals surface area contributed by atoms with Crippen molar-refractivity contribution in [3.05, 3.63) is 58.1 Å². The van der Waals surface area contributed by atoms with Crippen molar-refractivity contribution in [2.75, 3.05) is 13.7 Å². The lowest BCUT2D eigenvalue weighted by Crippen LogP contribution is -2.25. The summed E-state index contributed by atoms with van der Waals surface area (Å²) in [5.74, 6) is 2.08. The van der Waals surface area contributed by atoms with Crippen molar-refractivity contribution in [3.63, 3.8) is 0 Å². The molecule has 3 aromatic rings. The average Bonchev–Trinajstić information content (AvgIpc) is 3.25. The smallest absolute Gasteiger partial charge is 0.261 e. The number of carbonyl (C=O) groups excluding carboxylic acids is 1. The standard InChI is InChI=1S/C18H18N2O3S/c1-12-15(9-10-19-17(21)16-4-3-11-24-16)20-18(23-12)13-5-7-14(22-2)8-6-13/h3-8,11H,9-10H2,1-2H3,(H,19,21). The molecule has 0 saturated heterocycles. The summed E-state index contributed by atoms with van der Waals surface area (Å²) in [6, 6.07) is 11.2. The SMILES string of the molecule is COc1ccc(-c2nc(CCNC(=O)c3cccs3)c(C)o2)cc1. The van der Waals surface area contributed by atoms with E-state index in [0.717, 1.165) is 22.8 Å². The highest BCUT2D eigenvalue weighted by atomic mass is 32.1. The van der Waals surface area contributed by atoms with Crippen molar-refractivity contribution >= 4 is 17.2 Å². The third-order valence-electron chi connectivity index (χ3n) is 3.62. The Labute approximate surface area is 144 Å². The molecule has 0 radical (unpaired) electrons.